The highest BCUT2D eigenvalue weighted by Gasteiger charge is 2.33. The van der Waals surface area contributed by atoms with Crippen molar-refractivity contribution in [2.24, 2.45) is 5.41 Å². The van der Waals surface area contributed by atoms with E-state index in [-0.39, 0.29) is 18.1 Å². The normalized spacial score (nSPS) is 20.1. The lowest BCUT2D eigenvalue weighted by Gasteiger charge is -2.34. The number of hydrogen-bond donors (Lipinski definition) is 2. The van der Waals surface area contributed by atoms with Gasteiger partial charge in [-0.2, -0.15) is 0 Å². The number of nitrogens with one attached hydrogen (secondary N) is 1. The van der Waals surface area contributed by atoms with Crippen LogP contribution in [0.2, 0.25) is 0 Å². The molecule has 0 aromatic rings. The summed E-state index contributed by atoms with van der Waals surface area (Å²) in [6, 6.07) is -1.24. The van der Waals surface area contributed by atoms with E-state index in [1.807, 2.05) is 14.1 Å². The van der Waals surface area contributed by atoms with E-state index in [0.717, 1.165) is 6.54 Å². The molecule has 1 unspecified atom stereocenters. The van der Waals surface area contributed by atoms with Crippen LogP contribution in [0, 0.1) is 5.41 Å². The molecule has 0 saturated carbocycles. The molecule has 1 atom stereocenters. The largest absolute Gasteiger partial charge is 0.480 e. The van der Waals surface area contributed by atoms with Crippen molar-refractivity contribution in [3.05, 3.63) is 0 Å². The predicted octanol–water partition coefficient (Wildman–Crippen LogP) is 0.0692. The third-order valence-corrected chi connectivity index (χ3v) is 3.14. The summed E-state index contributed by atoms with van der Waals surface area (Å²) < 4.78 is 5.11. The summed E-state index contributed by atoms with van der Waals surface area (Å²) in [5, 5.41) is 11.9. The van der Waals surface area contributed by atoms with Gasteiger partial charge >= 0.3 is 12.0 Å². The second kappa shape index (κ2) is 6.90. The number of hydrogen-bond acceptors (Lipinski definition) is 4. The van der Waals surface area contributed by atoms with Crippen molar-refractivity contribution in [2.75, 3.05) is 46.9 Å². The maximum absolute atomic E-state index is 12.1. The Labute approximate surface area is 119 Å². The molecule has 1 heterocycles. The van der Waals surface area contributed by atoms with Crippen LogP contribution >= 0.6 is 0 Å². The van der Waals surface area contributed by atoms with Gasteiger partial charge in [0.2, 0.25) is 0 Å². The first-order chi connectivity index (χ1) is 9.23. The molecule has 0 bridgehead atoms. The minimum atomic E-state index is -1.03. The van der Waals surface area contributed by atoms with Crippen molar-refractivity contribution in [1.82, 2.24) is 15.1 Å². The molecule has 2 amide bonds. The number of amides is 2. The Morgan fingerprint density at radius 3 is 2.65 bits per heavy atom. The van der Waals surface area contributed by atoms with Crippen LogP contribution in [0.15, 0.2) is 0 Å². The summed E-state index contributed by atoms with van der Waals surface area (Å²) in [5.41, 5.74) is -0.0792. The third-order valence-electron chi connectivity index (χ3n) is 3.14. The molecule has 20 heavy (non-hydrogen) atoms. The predicted molar refractivity (Wildman–Crippen MR) is 74.7 cm³/mol. The van der Waals surface area contributed by atoms with E-state index < -0.39 is 12.0 Å². The molecule has 0 radical (unpaired) electrons. The monoisotopic (exact) mass is 287 g/mol. The Hall–Kier alpha value is -1.34. The highest BCUT2D eigenvalue weighted by atomic mass is 16.5. The Kier molecular flexibility index (Phi) is 5.76. The van der Waals surface area contributed by atoms with Gasteiger partial charge in [-0.15, -0.1) is 0 Å². The van der Waals surface area contributed by atoms with Crippen LogP contribution in [0.5, 0.6) is 0 Å². The van der Waals surface area contributed by atoms with E-state index in [9.17, 15) is 9.59 Å². The maximum Gasteiger partial charge on any atom is 0.328 e. The van der Waals surface area contributed by atoms with E-state index in [1.54, 1.807) is 0 Å². The topological polar surface area (TPSA) is 82.1 Å². The van der Waals surface area contributed by atoms with Gasteiger partial charge in [0, 0.05) is 19.6 Å². The number of carbonyl (C=O) groups excluding carboxylic acids is 1. The highest BCUT2D eigenvalue weighted by Crippen LogP contribution is 2.15. The Bertz CT molecular complexity index is 358. The van der Waals surface area contributed by atoms with E-state index in [1.165, 1.54) is 4.90 Å². The van der Waals surface area contributed by atoms with Crippen LogP contribution in [-0.2, 0) is 9.53 Å². The fraction of sp³-hybridized carbons (Fsp3) is 0.846. The van der Waals surface area contributed by atoms with E-state index in [4.69, 9.17) is 9.84 Å². The van der Waals surface area contributed by atoms with E-state index in [2.05, 4.69) is 24.1 Å². The van der Waals surface area contributed by atoms with E-state index >= 15 is 0 Å². The Morgan fingerprint density at radius 1 is 1.45 bits per heavy atom. The van der Waals surface area contributed by atoms with Gasteiger partial charge in [0.1, 0.15) is 0 Å². The van der Waals surface area contributed by atoms with Crippen molar-refractivity contribution in [3.63, 3.8) is 0 Å². The number of carbonyl (C=O) groups is 2. The van der Waals surface area contributed by atoms with Crippen LogP contribution in [0.1, 0.15) is 13.8 Å². The van der Waals surface area contributed by atoms with Gasteiger partial charge in [-0.25, -0.2) is 9.59 Å². The smallest absolute Gasteiger partial charge is 0.328 e. The second-order valence-corrected chi connectivity index (χ2v) is 6.18. The number of carboxylic acids is 1. The maximum atomic E-state index is 12.1. The van der Waals surface area contributed by atoms with Gasteiger partial charge in [-0.1, -0.05) is 13.8 Å². The van der Waals surface area contributed by atoms with Crippen molar-refractivity contribution in [2.45, 2.75) is 19.9 Å². The zero-order chi connectivity index (χ0) is 15.3. The SMILES string of the molecule is CN(C)CC(C)(C)CNC(=O)N1CCOCC1C(=O)O. The fourth-order valence-electron chi connectivity index (χ4n) is 2.38. The molecule has 116 valence electrons. The number of nitrogens with zero attached hydrogens (tertiary/aromatic N) is 2. The van der Waals surface area contributed by atoms with Gasteiger partial charge < -0.3 is 25.0 Å². The minimum absolute atomic E-state index is 0.0455. The summed E-state index contributed by atoms with van der Waals surface area (Å²) in [7, 11) is 3.96. The quantitative estimate of drug-likeness (QED) is 0.748. The van der Waals surface area contributed by atoms with Gasteiger partial charge in [-0.05, 0) is 19.5 Å². The lowest BCUT2D eigenvalue weighted by molar-refractivity contribution is -0.147. The zero-order valence-electron chi connectivity index (χ0n) is 12.7. The summed E-state index contributed by atoms with van der Waals surface area (Å²) >= 11 is 0. The Balaban J connectivity index is 2.54. The van der Waals surface area contributed by atoms with Gasteiger partial charge in [-0.3, -0.25) is 0 Å². The minimum Gasteiger partial charge on any atom is -0.480 e. The van der Waals surface area contributed by atoms with Crippen LogP contribution in [0.3, 0.4) is 0 Å². The molecule has 0 aliphatic carbocycles. The van der Waals surface area contributed by atoms with Gasteiger partial charge in [0.05, 0.1) is 13.2 Å². The number of urea groups is 1. The van der Waals surface area contributed by atoms with Gasteiger partial charge in [0.25, 0.3) is 0 Å². The summed E-state index contributed by atoms with van der Waals surface area (Å²) in [6.07, 6.45) is 0. The van der Waals surface area contributed by atoms with Crippen molar-refractivity contribution < 1.29 is 19.4 Å². The van der Waals surface area contributed by atoms with E-state index in [0.29, 0.717) is 19.7 Å². The standard InChI is InChI=1S/C13H25N3O4/c1-13(2,9-15(3)4)8-14-12(19)16-5-6-20-7-10(16)11(17)18/h10H,5-9H2,1-4H3,(H,14,19)(H,17,18). The first-order valence-corrected chi connectivity index (χ1v) is 6.73. The van der Waals surface area contributed by atoms with Crippen molar-refractivity contribution in [1.29, 1.82) is 0 Å². The molecule has 1 saturated heterocycles. The number of morpholine rings is 1. The van der Waals surface area contributed by atoms with Gasteiger partial charge in [0.15, 0.2) is 6.04 Å². The number of ether oxygens (including phenoxy) is 1. The van der Waals surface area contributed by atoms with Crippen LogP contribution in [0.25, 0.3) is 0 Å². The first-order valence-electron chi connectivity index (χ1n) is 6.73. The first kappa shape index (κ1) is 16.7. The van der Waals surface area contributed by atoms with Crippen molar-refractivity contribution in [3.8, 4) is 0 Å². The molecule has 1 fully saturated rings. The summed E-state index contributed by atoms with van der Waals surface area (Å²) in [4.78, 5) is 26.6. The molecule has 0 aromatic carbocycles. The van der Waals surface area contributed by atoms with Crippen molar-refractivity contribution >= 4 is 12.0 Å². The molecule has 0 aromatic heterocycles. The lowest BCUT2D eigenvalue weighted by atomic mass is 9.93. The number of aliphatic carboxylic acids is 1. The Morgan fingerprint density at radius 2 is 2.10 bits per heavy atom. The average molecular weight is 287 g/mol. The number of carboxylic acid groups (broad SMARTS) is 1. The molecule has 0 spiro atoms. The molecule has 7 heteroatoms. The lowest BCUT2D eigenvalue weighted by Crippen LogP contribution is -2.56. The number of rotatable bonds is 5. The summed E-state index contributed by atoms with van der Waals surface area (Å²) in [5.74, 6) is -1.03. The molecule has 1 aliphatic heterocycles. The average Bonchev–Trinajstić information content (AvgIpc) is 2.34. The molecular formula is C13H25N3O4. The summed E-state index contributed by atoms with van der Waals surface area (Å²) in [6.45, 7) is 6.16. The molecule has 1 aliphatic rings. The molecule has 7 nitrogen and oxygen atoms in total. The fourth-order valence-corrected chi connectivity index (χ4v) is 2.38. The molecular weight excluding hydrogens is 262 g/mol. The van der Waals surface area contributed by atoms with Crippen LogP contribution in [-0.4, -0.2) is 79.9 Å². The van der Waals surface area contributed by atoms with Crippen LogP contribution < -0.4 is 5.32 Å². The highest BCUT2D eigenvalue weighted by molar-refractivity contribution is 5.83. The van der Waals surface area contributed by atoms with Crippen LogP contribution in [0.4, 0.5) is 4.79 Å². The third kappa shape index (κ3) is 4.97. The molecule has 2 N–H and O–H groups in total. The molecule has 1 rings (SSSR count). The zero-order valence-corrected chi connectivity index (χ0v) is 12.7. The second-order valence-electron chi connectivity index (χ2n) is 6.18.